The molecule has 0 aliphatic heterocycles. The Balaban J connectivity index is 2.06. The summed E-state index contributed by atoms with van der Waals surface area (Å²) in [5.41, 5.74) is 0.693. The highest BCUT2D eigenvalue weighted by atomic mass is 35.5. The van der Waals surface area contributed by atoms with Gasteiger partial charge in [0.2, 0.25) is 5.88 Å². The third kappa shape index (κ3) is 3.39. The van der Waals surface area contributed by atoms with Crippen molar-refractivity contribution in [1.29, 1.82) is 0 Å². The van der Waals surface area contributed by atoms with Crippen LogP contribution < -0.4 is 9.47 Å². The Bertz CT molecular complexity index is 613. The Hall–Kier alpha value is -2.27. The molecule has 0 amide bonds. The Labute approximate surface area is 120 Å². The van der Waals surface area contributed by atoms with E-state index in [0.717, 1.165) is 11.3 Å². The SMILES string of the molecule is COc1ccc(COc2ccc(Cl)c(C(=O)O)n2)cc1. The number of rotatable bonds is 5. The summed E-state index contributed by atoms with van der Waals surface area (Å²) in [6.07, 6.45) is 0. The minimum atomic E-state index is -1.19. The first kappa shape index (κ1) is 14.1. The molecule has 1 heterocycles. The highest BCUT2D eigenvalue weighted by molar-refractivity contribution is 6.33. The molecule has 0 fully saturated rings. The molecule has 0 saturated heterocycles. The lowest BCUT2D eigenvalue weighted by atomic mass is 10.2. The number of ether oxygens (including phenoxy) is 2. The molecule has 0 aliphatic carbocycles. The number of carbonyl (C=O) groups is 1. The summed E-state index contributed by atoms with van der Waals surface area (Å²) < 4.78 is 10.5. The van der Waals surface area contributed by atoms with Gasteiger partial charge in [0.25, 0.3) is 0 Å². The Morgan fingerprint density at radius 3 is 2.55 bits per heavy atom. The molecule has 0 spiro atoms. The maximum absolute atomic E-state index is 10.9. The van der Waals surface area contributed by atoms with Crippen molar-refractivity contribution in [1.82, 2.24) is 4.98 Å². The molecule has 1 aromatic carbocycles. The molecular weight excluding hydrogens is 282 g/mol. The molecule has 20 heavy (non-hydrogen) atoms. The number of benzene rings is 1. The standard InChI is InChI=1S/C14H12ClNO4/c1-19-10-4-2-9(3-5-10)8-20-12-7-6-11(15)13(16-12)14(17)18/h2-7H,8H2,1H3,(H,17,18). The van der Waals surface area contributed by atoms with Gasteiger partial charge in [-0.1, -0.05) is 23.7 Å². The second kappa shape index (κ2) is 6.25. The average Bonchev–Trinajstić information content (AvgIpc) is 2.46. The fourth-order valence-corrected chi connectivity index (χ4v) is 1.72. The minimum absolute atomic E-state index is 0.0781. The molecule has 1 N–H and O–H groups in total. The van der Waals surface area contributed by atoms with Gasteiger partial charge in [0.15, 0.2) is 5.69 Å². The van der Waals surface area contributed by atoms with Crippen LogP contribution in [-0.2, 0) is 6.61 Å². The molecule has 2 aromatic rings. The van der Waals surface area contributed by atoms with Gasteiger partial charge in [0.05, 0.1) is 12.1 Å². The zero-order valence-corrected chi connectivity index (χ0v) is 11.4. The van der Waals surface area contributed by atoms with Crippen LogP contribution in [0.25, 0.3) is 0 Å². The average molecular weight is 294 g/mol. The molecule has 6 heteroatoms. The molecular formula is C14H12ClNO4. The summed E-state index contributed by atoms with van der Waals surface area (Å²) in [5.74, 6) is -0.223. The van der Waals surface area contributed by atoms with Crippen molar-refractivity contribution in [2.24, 2.45) is 0 Å². The van der Waals surface area contributed by atoms with Gasteiger partial charge in [-0.3, -0.25) is 0 Å². The number of methoxy groups -OCH3 is 1. The van der Waals surface area contributed by atoms with Gasteiger partial charge in [-0.25, -0.2) is 9.78 Å². The van der Waals surface area contributed by atoms with E-state index in [4.69, 9.17) is 26.2 Å². The van der Waals surface area contributed by atoms with E-state index in [1.807, 2.05) is 24.3 Å². The van der Waals surface area contributed by atoms with Gasteiger partial charge >= 0.3 is 5.97 Å². The third-order valence-corrected chi connectivity index (χ3v) is 2.87. The Kier molecular flexibility index (Phi) is 4.42. The van der Waals surface area contributed by atoms with E-state index >= 15 is 0 Å². The monoisotopic (exact) mass is 293 g/mol. The maximum Gasteiger partial charge on any atom is 0.356 e. The number of nitrogens with zero attached hydrogens (tertiary/aromatic N) is 1. The van der Waals surface area contributed by atoms with Crippen LogP contribution in [0.4, 0.5) is 0 Å². The maximum atomic E-state index is 10.9. The quantitative estimate of drug-likeness (QED) is 0.917. The summed E-state index contributed by atoms with van der Waals surface area (Å²) >= 11 is 5.73. The van der Waals surface area contributed by atoms with E-state index < -0.39 is 5.97 Å². The smallest absolute Gasteiger partial charge is 0.356 e. The van der Waals surface area contributed by atoms with Crippen molar-refractivity contribution in [3.63, 3.8) is 0 Å². The zero-order chi connectivity index (χ0) is 14.5. The lowest BCUT2D eigenvalue weighted by molar-refractivity contribution is 0.0689. The van der Waals surface area contributed by atoms with Gasteiger partial charge in [0.1, 0.15) is 12.4 Å². The normalized spacial score (nSPS) is 10.1. The van der Waals surface area contributed by atoms with Gasteiger partial charge in [-0.15, -0.1) is 0 Å². The summed E-state index contributed by atoms with van der Waals surface area (Å²) in [4.78, 5) is 14.7. The van der Waals surface area contributed by atoms with Crippen LogP contribution >= 0.6 is 11.6 Å². The second-order valence-corrected chi connectivity index (χ2v) is 4.33. The number of hydrogen-bond donors (Lipinski definition) is 1. The van der Waals surface area contributed by atoms with Crippen molar-refractivity contribution in [3.8, 4) is 11.6 Å². The van der Waals surface area contributed by atoms with E-state index in [-0.39, 0.29) is 23.2 Å². The van der Waals surface area contributed by atoms with Crippen molar-refractivity contribution < 1.29 is 19.4 Å². The van der Waals surface area contributed by atoms with E-state index in [2.05, 4.69) is 4.98 Å². The van der Waals surface area contributed by atoms with E-state index in [1.165, 1.54) is 12.1 Å². The predicted molar refractivity (Wildman–Crippen MR) is 73.5 cm³/mol. The van der Waals surface area contributed by atoms with Crippen LogP contribution in [0.1, 0.15) is 16.1 Å². The first-order chi connectivity index (χ1) is 9.60. The van der Waals surface area contributed by atoms with Crippen LogP contribution in [0.3, 0.4) is 0 Å². The van der Waals surface area contributed by atoms with Crippen molar-refractivity contribution in [2.45, 2.75) is 6.61 Å². The summed E-state index contributed by atoms with van der Waals surface area (Å²) in [5, 5.41) is 8.99. The number of hydrogen-bond acceptors (Lipinski definition) is 4. The summed E-state index contributed by atoms with van der Waals surface area (Å²) in [7, 11) is 1.59. The molecule has 104 valence electrons. The topological polar surface area (TPSA) is 68.7 Å². The Morgan fingerprint density at radius 1 is 1.25 bits per heavy atom. The summed E-state index contributed by atoms with van der Waals surface area (Å²) in [6, 6.07) is 10.3. The molecule has 0 radical (unpaired) electrons. The van der Waals surface area contributed by atoms with Crippen LogP contribution in [-0.4, -0.2) is 23.2 Å². The van der Waals surface area contributed by atoms with Crippen molar-refractivity contribution in [2.75, 3.05) is 7.11 Å². The van der Waals surface area contributed by atoms with Crippen molar-refractivity contribution >= 4 is 17.6 Å². The van der Waals surface area contributed by atoms with Gasteiger partial charge < -0.3 is 14.6 Å². The zero-order valence-electron chi connectivity index (χ0n) is 10.7. The van der Waals surface area contributed by atoms with Gasteiger partial charge in [0, 0.05) is 6.07 Å². The molecule has 0 atom stereocenters. The predicted octanol–water partition coefficient (Wildman–Crippen LogP) is 3.02. The molecule has 0 bridgehead atoms. The van der Waals surface area contributed by atoms with E-state index in [0.29, 0.717) is 0 Å². The number of carboxylic acids is 1. The van der Waals surface area contributed by atoms with Crippen LogP contribution in [0, 0.1) is 0 Å². The van der Waals surface area contributed by atoms with Gasteiger partial charge in [-0.05, 0) is 23.8 Å². The summed E-state index contributed by atoms with van der Waals surface area (Å²) in [6.45, 7) is 0.275. The fraction of sp³-hybridized carbons (Fsp3) is 0.143. The molecule has 0 unspecified atom stereocenters. The van der Waals surface area contributed by atoms with E-state index in [9.17, 15) is 4.79 Å². The Morgan fingerprint density at radius 2 is 1.95 bits per heavy atom. The van der Waals surface area contributed by atoms with Crippen LogP contribution in [0.15, 0.2) is 36.4 Å². The number of halogens is 1. The molecule has 5 nitrogen and oxygen atoms in total. The highest BCUT2D eigenvalue weighted by Crippen LogP contribution is 2.19. The number of aromatic carboxylic acids is 1. The van der Waals surface area contributed by atoms with Gasteiger partial charge in [-0.2, -0.15) is 0 Å². The molecule has 2 rings (SSSR count). The fourth-order valence-electron chi connectivity index (χ4n) is 1.53. The van der Waals surface area contributed by atoms with Crippen LogP contribution in [0.2, 0.25) is 5.02 Å². The third-order valence-electron chi connectivity index (χ3n) is 2.57. The second-order valence-electron chi connectivity index (χ2n) is 3.92. The number of pyridine rings is 1. The van der Waals surface area contributed by atoms with E-state index in [1.54, 1.807) is 7.11 Å². The largest absolute Gasteiger partial charge is 0.497 e. The first-order valence-corrected chi connectivity index (χ1v) is 6.13. The molecule has 1 aromatic heterocycles. The minimum Gasteiger partial charge on any atom is -0.497 e. The highest BCUT2D eigenvalue weighted by Gasteiger charge is 2.12. The molecule has 0 aliphatic rings. The molecule has 0 saturated carbocycles. The lowest BCUT2D eigenvalue weighted by Crippen LogP contribution is -2.04. The van der Waals surface area contributed by atoms with Crippen LogP contribution in [0.5, 0.6) is 11.6 Å². The van der Waals surface area contributed by atoms with Crippen molar-refractivity contribution in [3.05, 3.63) is 52.7 Å². The number of aromatic nitrogens is 1. The number of carboxylic acid groups (broad SMARTS) is 1. The lowest BCUT2D eigenvalue weighted by Gasteiger charge is -2.07. The first-order valence-electron chi connectivity index (χ1n) is 5.75.